The molecule has 1 fully saturated rings. The SMILES string of the molecule is CN(CC1CCOCC1)C(=O)[C@@H]1Cc2ccccc2N1. The third-order valence-electron chi connectivity index (χ3n) is 4.32. The van der Waals surface area contributed by atoms with Gasteiger partial charge >= 0.3 is 0 Å². The topological polar surface area (TPSA) is 41.6 Å². The molecule has 2 aliphatic heterocycles. The van der Waals surface area contributed by atoms with Gasteiger partial charge in [-0.1, -0.05) is 18.2 Å². The maximum atomic E-state index is 12.5. The Hall–Kier alpha value is -1.55. The van der Waals surface area contributed by atoms with Gasteiger partial charge < -0.3 is 15.0 Å². The first-order valence-electron chi connectivity index (χ1n) is 7.41. The average molecular weight is 274 g/mol. The summed E-state index contributed by atoms with van der Waals surface area (Å²) in [7, 11) is 1.92. The van der Waals surface area contributed by atoms with Crippen LogP contribution in [-0.4, -0.2) is 43.7 Å². The van der Waals surface area contributed by atoms with Crippen molar-refractivity contribution in [3.63, 3.8) is 0 Å². The second-order valence-corrected chi connectivity index (χ2v) is 5.83. The third kappa shape index (κ3) is 2.80. The van der Waals surface area contributed by atoms with Gasteiger partial charge in [-0.15, -0.1) is 0 Å². The van der Waals surface area contributed by atoms with Crippen molar-refractivity contribution in [1.82, 2.24) is 4.90 Å². The molecule has 0 spiro atoms. The largest absolute Gasteiger partial charge is 0.381 e. The molecule has 1 atom stereocenters. The van der Waals surface area contributed by atoms with E-state index in [0.29, 0.717) is 5.92 Å². The van der Waals surface area contributed by atoms with Crippen LogP contribution in [0, 0.1) is 5.92 Å². The van der Waals surface area contributed by atoms with Crippen molar-refractivity contribution < 1.29 is 9.53 Å². The Labute approximate surface area is 120 Å². The maximum absolute atomic E-state index is 12.5. The summed E-state index contributed by atoms with van der Waals surface area (Å²) in [6.07, 6.45) is 2.93. The summed E-state index contributed by atoms with van der Waals surface area (Å²) in [6.45, 7) is 2.51. The van der Waals surface area contributed by atoms with Crippen LogP contribution in [0.15, 0.2) is 24.3 Å². The van der Waals surface area contributed by atoms with E-state index < -0.39 is 0 Å². The zero-order valence-corrected chi connectivity index (χ0v) is 12.0. The van der Waals surface area contributed by atoms with E-state index in [1.165, 1.54) is 5.56 Å². The van der Waals surface area contributed by atoms with Crippen LogP contribution in [0.2, 0.25) is 0 Å². The molecule has 3 rings (SSSR count). The fraction of sp³-hybridized carbons (Fsp3) is 0.562. The molecule has 0 aromatic heterocycles. The van der Waals surface area contributed by atoms with E-state index in [1.807, 2.05) is 30.1 Å². The average Bonchev–Trinajstić information content (AvgIpc) is 2.91. The third-order valence-corrected chi connectivity index (χ3v) is 4.32. The molecule has 1 aromatic rings. The highest BCUT2D eigenvalue weighted by molar-refractivity contribution is 5.87. The van der Waals surface area contributed by atoms with Gasteiger partial charge in [0.25, 0.3) is 0 Å². The second-order valence-electron chi connectivity index (χ2n) is 5.83. The molecule has 1 N–H and O–H groups in total. The molecule has 4 nitrogen and oxygen atoms in total. The molecule has 108 valence electrons. The zero-order chi connectivity index (χ0) is 13.9. The number of anilines is 1. The summed E-state index contributed by atoms with van der Waals surface area (Å²) in [6, 6.07) is 8.07. The zero-order valence-electron chi connectivity index (χ0n) is 12.0. The van der Waals surface area contributed by atoms with Crippen LogP contribution < -0.4 is 5.32 Å². The van der Waals surface area contributed by atoms with Crippen molar-refractivity contribution in [2.24, 2.45) is 5.92 Å². The number of nitrogens with zero attached hydrogens (tertiary/aromatic N) is 1. The van der Waals surface area contributed by atoms with Gasteiger partial charge in [0.05, 0.1) is 0 Å². The minimum absolute atomic E-state index is 0.0998. The molecule has 1 aromatic carbocycles. The van der Waals surface area contributed by atoms with Gasteiger partial charge in [0.2, 0.25) is 5.91 Å². The van der Waals surface area contributed by atoms with E-state index in [0.717, 1.165) is 44.7 Å². The smallest absolute Gasteiger partial charge is 0.245 e. The Kier molecular flexibility index (Phi) is 3.92. The molecule has 1 amide bonds. The lowest BCUT2D eigenvalue weighted by Crippen LogP contribution is -2.42. The van der Waals surface area contributed by atoms with Crippen molar-refractivity contribution in [1.29, 1.82) is 0 Å². The minimum Gasteiger partial charge on any atom is -0.381 e. The van der Waals surface area contributed by atoms with Gasteiger partial charge in [-0.3, -0.25) is 4.79 Å². The molecule has 0 saturated carbocycles. The first-order chi connectivity index (χ1) is 9.74. The fourth-order valence-corrected chi connectivity index (χ4v) is 3.12. The monoisotopic (exact) mass is 274 g/mol. The van der Waals surface area contributed by atoms with Crippen molar-refractivity contribution in [2.45, 2.75) is 25.3 Å². The molecule has 1 saturated heterocycles. The first kappa shape index (κ1) is 13.4. The van der Waals surface area contributed by atoms with E-state index in [9.17, 15) is 4.79 Å². The quantitative estimate of drug-likeness (QED) is 0.915. The Morgan fingerprint density at radius 1 is 1.35 bits per heavy atom. The molecule has 20 heavy (non-hydrogen) atoms. The normalized spacial score (nSPS) is 22.1. The number of rotatable bonds is 3. The van der Waals surface area contributed by atoms with Crippen LogP contribution in [-0.2, 0) is 16.0 Å². The van der Waals surface area contributed by atoms with Gasteiger partial charge in [-0.2, -0.15) is 0 Å². The van der Waals surface area contributed by atoms with Crippen molar-refractivity contribution in [2.75, 3.05) is 32.1 Å². The van der Waals surface area contributed by atoms with E-state index in [4.69, 9.17) is 4.74 Å². The summed E-state index contributed by atoms with van der Waals surface area (Å²) in [5.74, 6) is 0.786. The predicted octanol–water partition coefficient (Wildman–Crippen LogP) is 1.91. The molecular formula is C16H22N2O2. The van der Waals surface area contributed by atoms with Crippen LogP contribution in [0.1, 0.15) is 18.4 Å². The lowest BCUT2D eigenvalue weighted by molar-refractivity contribution is -0.131. The summed E-state index contributed by atoms with van der Waals surface area (Å²) >= 11 is 0. The number of fused-ring (bicyclic) bond motifs is 1. The molecule has 2 heterocycles. The molecular weight excluding hydrogens is 252 g/mol. The second kappa shape index (κ2) is 5.83. The number of benzene rings is 1. The van der Waals surface area contributed by atoms with Crippen LogP contribution >= 0.6 is 0 Å². The summed E-state index contributed by atoms with van der Waals surface area (Å²) in [4.78, 5) is 14.4. The van der Waals surface area contributed by atoms with Gasteiger partial charge in [0, 0.05) is 38.9 Å². The lowest BCUT2D eigenvalue weighted by atomic mass is 9.99. The van der Waals surface area contributed by atoms with E-state index in [1.54, 1.807) is 0 Å². The number of nitrogens with one attached hydrogen (secondary N) is 1. The van der Waals surface area contributed by atoms with Gasteiger partial charge in [-0.05, 0) is 30.4 Å². The summed E-state index contributed by atoms with van der Waals surface area (Å²) in [5.41, 5.74) is 2.34. The van der Waals surface area contributed by atoms with Crippen LogP contribution in [0.25, 0.3) is 0 Å². The van der Waals surface area contributed by atoms with Crippen molar-refractivity contribution in [3.8, 4) is 0 Å². The number of likely N-dealkylation sites (N-methyl/N-ethyl adjacent to an activating group) is 1. The number of carbonyl (C=O) groups excluding carboxylic acids is 1. The van der Waals surface area contributed by atoms with Crippen LogP contribution in [0.5, 0.6) is 0 Å². The summed E-state index contributed by atoms with van der Waals surface area (Å²) in [5, 5.41) is 3.34. The van der Waals surface area contributed by atoms with E-state index >= 15 is 0 Å². The number of amides is 1. The molecule has 4 heteroatoms. The van der Waals surface area contributed by atoms with E-state index in [-0.39, 0.29) is 11.9 Å². The molecule has 0 unspecified atom stereocenters. The van der Waals surface area contributed by atoms with Gasteiger partial charge in [0.15, 0.2) is 0 Å². The van der Waals surface area contributed by atoms with E-state index in [2.05, 4.69) is 11.4 Å². The van der Waals surface area contributed by atoms with Crippen LogP contribution in [0.4, 0.5) is 5.69 Å². The predicted molar refractivity (Wildman–Crippen MR) is 78.7 cm³/mol. The fourth-order valence-electron chi connectivity index (χ4n) is 3.12. The summed E-state index contributed by atoms with van der Waals surface area (Å²) < 4.78 is 5.37. The number of carbonyl (C=O) groups is 1. The van der Waals surface area contributed by atoms with Crippen LogP contribution in [0.3, 0.4) is 0 Å². The number of hydrogen-bond acceptors (Lipinski definition) is 3. The Bertz CT molecular complexity index is 458. The minimum atomic E-state index is -0.0998. The molecule has 2 aliphatic rings. The lowest BCUT2D eigenvalue weighted by Gasteiger charge is -2.28. The highest BCUT2D eigenvalue weighted by atomic mass is 16.5. The number of ether oxygens (including phenoxy) is 1. The van der Waals surface area contributed by atoms with Gasteiger partial charge in [-0.25, -0.2) is 0 Å². The standard InChI is InChI=1S/C16H22N2O2/c1-18(11-12-6-8-20-9-7-12)16(19)15-10-13-4-2-3-5-14(13)17-15/h2-5,12,15,17H,6-11H2,1H3/t15-/m0/s1. The molecule has 0 aliphatic carbocycles. The number of hydrogen-bond donors (Lipinski definition) is 1. The number of para-hydroxylation sites is 1. The Balaban J connectivity index is 1.57. The van der Waals surface area contributed by atoms with Crippen molar-refractivity contribution in [3.05, 3.63) is 29.8 Å². The first-order valence-corrected chi connectivity index (χ1v) is 7.41. The highest BCUT2D eigenvalue weighted by Crippen LogP contribution is 2.26. The van der Waals surface area contributed by atoms with Crippen molar-refractivity contribution >= 4 is 11.6 Å². The molecule has 0 bridgehead atoms. The van der Waals surface area contributed by atoms with Gasteiger partial charge in [0.1, 0.15) is 6.04 Å². The Morgan fingerprint density at radius 3 is 2.85 bits per heavy atom. The molecule has 0 radical (unpaired) electrons. The highest BCUT2D eigenvalue weighted by Gasteiger charge is 2.29. The maximum Gasteiger partial charge on any atom is 0.245 e. The Morgan fingerprint density at radius 2 is 2.10 bits per heavy atom.